The van der Waals surface area contributed by atoms with Gasteiger partial charge in [0.05, 0.1) is 13.0 Å². The molecule has 1 aromatic rings. The Bertz CT molecular complexity index is 671. The van der Waals surface area contributed by atoms with Crippen LogP contribution in [0.1, 0.15) is 36.0 Å². The van der Waals surface area contributed by atoms with Gasteiger partial charge in [0.2, 0.25) is 5.78 Å². The van der Waals surface area contributed by atoms with Gasteiger partial charge >= 0.3 is 6.18 Å². The minimum atomic E-state index is -4.91. The highest BCUT2D eigenvalue weighted by atomic mass is 19.4. The van der Waals surface area contributed by atoms with Crippen molar-refractivity contribution in [3.8, 4) is 5.75 Å². The van der Waals surface area contributed by atoms with Gasteiger partial charge in [-0.3, -0.25) is 15.0 Å². The van der Waals surface area contributed by atoms with E-state index in [9.17, 15) is 22.8 Å². The van der Waals surface area contributed by atoms with Gasteiger partial charge in [0.15, 0.2) is 0 Å². The van der Waals surface area contributed by atoms with E-state index in [2.05, 4.69) is 10.9 Å². The molecule has 0 aromatic heterocycles. The number of hydrogen-bond donors (Lipinski definition) is 2. The van der Waals surface area contributed by atoms with E-state index >= 15 is 0 Å². The van der Waals surface area contributed by atoms with Gasteiger partial charge in [-0.2, -0.15) is 13.2 Å². The molecule has 25 heavy (non-hydrogen) atoms. The molecule has 2 N–H and O–H groups in total. The number of ketones is 1. The first-order chi connectivity index (χ1) is 11.8. The predicted octanol–water partition coefficient (Wildman–Crippen LogP) is 3.14. The number of Topliss-reactive ketones (excluding diaryl/α,β-unsaturated/α-hetero) is 1. The molecule has 1 atom stereocenters. The third-order valence-corrected chi connectivity index (χ3v) is 3.93. The second-order valence-electron chi connectivity index (χ2n) is 5.67. The number of benzene rings is 1. The van der Waals surface area contributed by atoms with Crippen LogP contribution in [-0.2, 0) is 4.79 Å². The molecule has 0 spiro atoms. The number of halogens is 3. The summed E-state index contributed by atoms with van der Waals surface area (Å²) < 4.78 is 43.4. The Hall–Kier alpha value is -2.51. The summed E-state index contributed by atoms with van der Waals surface area (Å²) in [6.07, 6.45) is -1.54. The molecule has 136 valence electrons. The van der Waals surface area contributed by atoms with Crippen molar-refractivity contribution < 1.29 is 27.5 Å². The molecule has 0 fully saturated rings. The Morgan fingerprint density at radius 2 is 2.00 bits per heavy atom. The van der Waals surface area contributed by atoms with E-state index in [1.807, 2.05) is 0 Å². The van der Waals surface area contributed by atoms with Gasteiger partial charge in [-0.25, -0.2) is 0 Å². The Kier molecular flexibility index (Phi) is 6.06. The van der Waals surface area contributed by atoms with Gasteiger partial charge in [0.25, 0.3) is 5.91 Å². The maximum absolute atomic E-state index is 12.8. The lowest BCUT2D eigenvalue weighted by Crippen LogP contribution is -2.42. The maximum atomic E-state index is 12.8. The van der Waals surface area contributed by atoms with Gasteiger partial charge in [-0.05, 0) is 37.5 Å². The van der Waals surface area contributed by atoms with Gasteiger partial charge in [-0.1, -0.05) is 18.6 Å². The zero-order valence-corrected chi connectivity index (χ0v) is 13.7. The molecular weight excluding hydrogens is 337 g/mol. The van der Waals surface area contributed by atoms with Crippen LogP contribution in [0.4, 0.5) is 13.2 Å². The number of hydrogen-bond acceptors (Lipinski definition) is 4. The van der Waals surface area contributed by atoms with Crippen molar-refractivity contribution in [2.24, 2.45) is 5.92 Å². The number of nitrogens with one attached hydrogen (secondary N) is 2. The lowest BCUT2D eigenvalue weighted by Gasteiger charge is -2.21. The average Bonchev–Trinajstić information content (AvgIpc) is 2.83. The third kappa shape index (κ3) is 4.98. The minimum Gasteiger partial charge on any atom is -0.497 e. The number of carbonyl (C=O) groups excluding carboxylic acids is 2. The summed E-state index contributed by atoms with van der Waals surface area (Å²) in [4.78, 5) is 23.8. The smallest absolute Gasteiger partial charge is 0.450 e. The first kappa shape index (κ1) is 18.8. The van der Waals surface area contributed by atoms with E-state index in [-0.39, 0.29) is 17.7 Å². The first-order valence-corrected chi connectivity index (χ1v) is 7.84. The summed E-state index contributed by atoms with van der Waals surface area (Å²) >= 11 is 0. The van der Waals surface area contributed by atoms with Crippen molar-refractivity contribution in [1.29, 1.82) is 0 Å². The van der Waals surface area contributed by atoms with Crippen molar-refractivity contribution in [2.45, 2.75) is 31.9 Å². The molecule has 0 heterocycles. The highest BCUT2D eigenvalue weighted by molar-refractivity contribution is 5.94. The fourth-order valence-electron chi connectivity index (χ4n) is 2.62. The number of amides is 1. The zero-order chi connectivity index (χ0) is 18.4. The Morgan fingerprint density at radius 1 is 1.24 bits per heavy atom. The van der Waals surface area contributed by atoms with Crippen LogP contribution < -0.4 is 15.6 Å². The van der Waals surface area contributed by atoms with Crippen molar-refractivity contribution in [2.75, 3.05) is 7.11 Å². The fraction of sp³-hybridized carbons (Fsp3) is 0.412. The van der Waals surface area contributed by atoms with Crippen LogP contribution in [0.2, 0.25) is 0 Å². The molecule has 0 radical (unpaired) electrons. The topological polar surface area (TPSA) is 67.4 Å². The second-order valence-corrected chi connectivity index (χ2v) is 5.67. The molecule has 1 aromatic carbocycles. The highest BCUT2D eigenvalue weighted by Crippen LogP contribution is 2.30. The lowest BCUT2D eigenvalue weighted by atomic mass is 9.95. The third-order valence-electron chi connectivity index (χ3n) is 3.93. The van der Waals surface area contributed by atoms with Gasteiger partial charge in [0.1, 0.15) is 5.75 Å². The molecule has 0 aliphatic heterocycles. The second kappa shape index (κ2) is 8.04. The first-order valence-electron chi connectivity index (χ1n) is 7.84. The molecule has 5 nitrogen and oxygen atoms in total. The molecule has 8 heteroatoms. The molecule has 1 aliphatic rings. The molecule has 2 rings (SSSR count). The van der Waals surface area contributed by atoms with E-state index in [0.717, 1.165) is 0 Å². The molecule has 0 saturated heterocycles. The minimum absolute atomic E-state index is 0.0797. The van der Waals surface area contributed by atoms with E-state index < -0.39 is 23.8 Å². The summed E-state index contributed by atoms with van der Waals surface area (Å²) in [6.45, 7) is 0. The standard InChI is InChI=1S/C17H19F3N2O3/c1-25-12-7-5-6-11(10-12)16(24)22-21-14-9-4-2-3-8-13(14)15(23)17(18,19)20/h5-7,9-10,13,21H,2-4,8H2,1H3,(H,22,24)/t13-/m0/s1. The van der Waals surface area contributed by atoms with E-state index in [4.69, 9.17) is 4.74 Å². The van der Waals surface area contributed by atoms with Crippen LogP contribution >= 0.6 is 0 Å². The SMILES string of the molecule is COc1cccc(C(=O)NNC2=CCCCC[C@@H]2C(=O)C(F)(F)F)c1. The number of carbonyl (C=O) groups is 2. The Morgan fingerprint density at radius 3 is 2.68 bits per heavy atom. The summed E-state index contributed by atoms with van der Waals surface area (Å²) in [6, 6.07) is 6.32. The summed E-state index contributed by atoms with van der Waals surface area (Å²) in [7, 11) is 1.46. The lowest BCUT2D eigenvalue weighted by molar-refractivity contribution is -0.174. The van der Waals surface area contributed by atoms with Gasteiger partial charge < -0.3 is 10.2 Å². The Balaban J connectivity index is 2.08. The number of ether oxygens (including phenoxy) is 1. The van der Waals surface area contributed by atoms with E-state index in [1.165, 1.54) is 19.3 Å². The van der Waals surface area contributed by atoms with Crippen LogP contribution in [0, 0.1) is 5.92 Å². The fourth-order valence-corrected chi connectivity index (χ4v) is 2.62. The molecule has 0 bridgehead atoms. The normalized spacial score (nSPS) is 17.9. The Labute approximate surface area is 143 Å². The van der Waals surface area contributed by atoms with Gasteiger partial charge in [0, 0.05) is 11.3 Å². The van der Waals surface area contributed by atoms with Crippen molar-refractivity contribution in [1.82, 2.24) is 10.9 Å². The number of alkyl halides is 3. The van der Waals surface area contributed by atoms with E-state index in [1.54, 1.807) is 18.2 Å². The quantitative estimate of drug-likeness (QED) is 0.796. The number of rotatable bonds is 5. The summed E-state index contributed by atoms with van der Waals surface area (Å²) in [5, 5.41) is 0. The molecule has 1 aliphatic carbocycles. The van der Waals surface area contributed by atoms with Gasteiger partial charge in [-0.15, -0.1) is 0 Å². The van der Waals surface area contributed by atoms with Crippen molar-refractivity contribution in [3.05, 3.63) is 41.6 Å². The molecule has 0 unspecified atom stereocenters. The molecular formula is C17H19F3N2O3. The summed E-state index contributed by atoms with van der Waals surface area (Å²) in [5.74, 6) is -3.19. The maximum Gasteiger partial charge on any atom is 0.450 e. The van der Waals surface area contributed by atoms with Crippen molar-refractivity contribution in [3.63, 3.8) is 0 Å². The largest absolute Gasteiger partial charge is 0.497 e. The highest BCUT2D eigenvalue weighted by Gasteiger charge is 2.44. The molecule has 1 amide bonds. The number of hydrazine groups is 1. The van der Waals surface area contributed by atoms with E-state index in [0.29, 0.717) is 25.0 Å². The van der Waals surface area contributed by atoms with Crippen LogP contribution in [-0.4, -0.2) is 25.0 Å². The van der Waals surface area contributed by atoms with Crippen molar-refractivity contribution >= 4 is 11.7 Å². The number of methoxy groups -OCH3 is 1. The number of allylic oxidation sites excluding steroid dienone is 2. The molecule has 0 saturated carbocycles. The summed E-state index contributed by atoms with van der Waals surface area (Å²) in [5.41, 5.74) is 5.21. The predicted molar refractivity (Wildman–Crippen MR) is 84.7 cm³/mol. The zero-order valence-electron chi connectivity index (χ0n) is 13.7. The van der Waals surface area contributed by atoms with Crippen LogP contribution in [0.15, 0.2) is 36.0 Å². The van der Waals surface area contributed by atoms with Crippen LogP contribution in [0.25, 0.3) is 0 Å². The monoisotopic (exact) mass is 356 g/mol. The van der Waals surface area contributed by atoms with Crippen LogP contribution in [0.5, 0.6) is 5.75 Å². The average molecular weight is 356 g/mol. The van der Waals surface area contributed by atoms with Crippen LogP contribution in [0.3, 0.4) is 0 Å².